The Balaban J connectivity index is 3.16. The second-order valence-electron chi connectivity index (χ2n) is 2.31. The number of halogens is 5. The molecule has 1 rings (SSSR count). The Morgan fingerprint density at radius 3 is 2.14 bits per heavy atom. The first-order valence-corrected chi connectivity index (χ1v) is 3.67. The van der Waals surface area contributed by atoms with E-state index in [9.17, 15) is 22.0 Å². The summed E-state index contributed by atoms with van der Waals surface area (Å²) in [6, 6.07) is 0.493. The first kappa shape index (κ1) is 11.2. The van der Waals surface area contributed by atoms with Crippen LogP contribution in [0.25, 0.3) is 0 Å². The molecular weight excluding hydrogens is 227 g/mol. The van der Waals surface area contributed by atoms with Crippen LogP contribution in [0.2, 0.25) is 0 Å². The molecule has 1 aromatic heterocycles. The van der Waals surface area contributed by atoms with Gasteiger partial charge < -0.3 is 0 Å². The second-order valence-corrected chi connectivity index (χ2v) is 2.71. The van der Waals surface area contributed by atoms with E-state index in [-0.39, 0.29) is 0 Å². The molecule has 0 aromatic carbocycles. The predicted molar refractivity (Wildman–Crippen MR) is 39.2 cm³/mol. The van der Waals surface area contributed by atoms with Crippen molar-refractivity contribution in [1.82, 2.24) is 9.97 Å². The number of alkyl halides is 5. The van der Waals surface area contributed by atoms with Crippen LogP contribution < -0.4 is 0 Å². The van der Waals surface area contributed by atoms with Crippen LogP contribution in [0.15, 0.2) is 17.4 Å². The van der Waals surface area contributed by atoms with Crippen LogP contribution in [0, 0.1) is 0 Å². The molecule has 0 unspecified atom stereocenters. The Kier molecular flexibility index (Phi) is 2.66. The summed E-state index contributed by atoms with van der Waals surface area (Å²) in [7, 11) is 0. The summed E-state index contributed by atoms with van der Waals surface area (Å²) in [5, 5.41) is -0.438. The third-order valence-electron chi connectivity index (χ3n) is 1.32. The minimum Gasteiger partial charge on any atom is -0.231 e. The summed E-state index contributed by atoms with van der Waals surface area (Å²) in [4.78, 5) is 6.18. The smallest absolute Gasteiger partial charge is 0.231 e. The molecule has 8 heteroatoms. The van der Waals surface area contributed by atoms with Crippen LogP contribution in [0.1, 0.15) is 5.69 Å². The average Bonchev–Trinajstić information content (AvgIpc) is 2.02. The Morgan fingerprint density at radius 1 is 1.14 bits per heavy atom. The molecule has 0 spiro atoms. The van der Waals surface area contributed by atoms with E-state index in [1.165, 1.54) is 0 Å². The van der Waals surface area contributed by atoms with Crippen LogP contribution in [0.4, 0.5) is 22.0 Å². The van der Waals surface area contributed by atoms with Crippen LogP contribution in [0.3, 0.4) is 0 Å². The quantitative estimate of drug-likeness (QED) is 0.455. The van der Waals surface area contributed by atoms with Gasteiger partial charge in [0.1, 0.15) is 5.69 Å². The van der Waals surface area contributed by atoms with Crippen molar-refractivity contribution in [3.63, 3.8) is 0 Å². The Bertz CT molecular complexity index is 337. The van der Waals surface area contributed by atoms with E-state index in [0.29, 0.717) is 6.07 Å². The van der Waals surface area contributed by atoms with Gasteiger partial charge in [-0.15, -0.1) is 12.6 Å². The van der Waals surface area contributed by atoms with Gasteiger partial charge in [-0.25, -0.2) is 9.97 Å². The van der Waals surface area contributed by atoms with E-state index in [4.69, 9.17) is 0 Å². The Labute approximate surface area is 80.6 Å². The van der Waals surface area contributed by atoms with E-state index in [1.807, 2.05) is 0 Å². The maximum absolute atomic E-state index is 12.6. The summed E-state index contributed by atoms with van der Waals surface area (Å²) < 4.78 is 60.6. The molecule has 0 amide bonds. The lowest BCUT2D eigenvalue weighted by Gasteiger charge is -2.18. The van der Waals surface area contributed by atoms with Gasteiger partial charge in [-0.3, -0.25) is 0 Å². The first-order chi connectivity index (χ1) is 6.25. The third-order valence-corrected chi connectivity index (χ3v) is 1.54. The van der Waals surface area contributed by atoms with Crippen molar-refractivity contribution >= 4 is 12.6 Å². The summed E-state index contributed by atoms with van der Waals surface area (Å²) >= 11 is 3.46. The molecule has 0 bridgehead atoms. The molecule has 0 fully saturated rings. The van der Waals surface area contributed by atoms with E-state index in [0.717, 1.165) is 6.20 Å². The van der Waals surface area contributed by atoms with E-state index >= 15 is 0 Å². The van der Waals surface area contributed by atoms with Crippen LogP contribution in [-0.2, 0) is 5.92 Å². The van der Waals surface area contributed by atoms with Crippen LogP contribution in [-0.4, -0.2) is 16.1 Å². The van der Waals surface area contributed by atoms with Crippen molar-refractivity contribution in [2.45, 2.75) is 17.3 Å². The molecule has 0 saturated carbocycles. The average molecular weight is 230 g/mol. The summed E-state index contributed by atoms with van der Waals surface area (Å²) in [6.45, 7) is 0. The lowest BCUT2D eigenvalue weighted by Crippen LogP contribution is -2.34. The number of aromatic nitrogens is 2. The zero-order chi connectivity index (χ0) is 11.0. The normalized spacial score (nSPS) is 13.0. The lowest BCUT2D eigenvalue weighted by atomic mass is 10.2. The molecule has 0 aliphatic carbocycles. The van der Waals surface area contributed by atoms with Crippen LogP contribution in [0.5, 0.6) is 0 Å². The molecule has 0 aliphatic heterocycles. The van der Waals surface area contributed by atoms with Gasteiger partial charge in [0.15, 0.2) is 5.16 Å². The van der Waals surface area contributed by atoms with Gasteiger partial charge in [0, 0.05) is 6.20 Å². The monoisotopic (exact) mass is 230 g/mol. The fraction of sp³-hybridized carbons (Fsp3) is 0.333. The molecule has 78 valence electrons. The largest absolute Gasteiger partial charge is 0.459 e. The standard InChI is InChI=1S/C6H3F5N2S/c7-5(8,6(9,10)11)3-1-2-12-4(14)13-3/h1-2H,(H,12,13,14). The number of hydrogen-bond donors (Lipinski definition) is 1. The fourth-order valence-corrected chi connectivity index (χ4v) is 0.843. The zero-order valence-electron chi connectivity index (χ0n) is 6.39. The van der Waals surface area contributed by atoms with Crippen molar-refractivity contribution in [2.75, 3.05) is 0 Å². The molecule has 0 aliphatic rings. The van der Waals surface area contributed by atoms with Gasteiger partial charge in [0.2, 0.25) is 0 Å². The Morgan fingerprint density at radius 2 is 1.71 bits per heavy atom. The van der Waals surface area contributed by atoms with Gasteiger partial charge in [0.05, 0.1) is 0 Å². The molecular formula is C6H3F5N2S. The number of hydrogen-bond acceptors (Lipinski definition) is 3. The summed E-state index contributed by atoms with van der Waals surface area (Å²) in [5.74, 6) is -4.98. The van der Waals surface area contributed by atoms with Gasteiger partial charge in [0.25, 0.3) is 0 Å². The molecule has 0 atom stereocenters. The fourth-order valence-electron chi connectivity index (χ4n) is 0.668. The minimum atomic E-state index is -5.67. The highest BCUT2D eigenvalue weighted by atomic mass is 32.1. The van der Waals surface area contributed by atoms with Crippen molar-refractivity contribution in [1.29, 1.82) is 0 Å². The predicted octanol–water partition coefficient (Wildman–Crippen LogP) is 2.42. The molecule has 0 radical (unpaired) electrons. The maximum atomic E-state index is 12.6. The van der Waals surface area contributed by atoms with Gasteiger partial charge in [-0.1, -0.05) is 0 Å². The van der Waals surface area contributed by atoms with Crippen molar-refractivity contribution in [3.8, 4) is 0 Å². The highest BCUT2D eigenvalue weighted by Gasteiger charge is 2.59. The van der Waals surface area contributed by atoms with E-state index < -0.39 is 22.9 Å². The van der Waals surface area contributed by atoms with E-state index in [2.05, 4.69) is 22.6 Å². The highest BCUT2D eigenvalue weighted by molar-refractivity contribution is 7.80. The molecule has 1 heterocycles. The SMILES string of the molecule is FC(F)(F)C(F)(F)c1ccnc(S)n1. The van der Waals surface area contributed by atoms with Crippen LogP contribution >= 0.6 is 12.6 Å². The molecule has 0 saturated heterocycles. The Hall–Kier alpha value is -0.920. The number of nitrogens with zero attached hydrogens (tertiary/aromatic N) is 2. The topological polar surface area (TPSA) is 25.8 Å². The van der Waals surface area contributed by atoms with Gasteiger partial charge in [-0.05, 0) is 6.07 Å². The summed E-state index contributed by atoms with van der Waals surface area (Å²) in [5.41, 5.74) is -1.41. The zero-order valence-corrected chi connectivity index (χ0v) is 7.28. The maximum Gasteiger partial charge on any atom is 0.459 e. The van der Waals surface area contributed by atoms with Crippen molar-refractivity contribution < 1.29 is 22.0 Å². The highest BCUT2D eigenvalue weighted by Crippen LogP contribution is 2.42. The first-order valence-electron chi connectivity index (χ1n) is 3.22. The molecule has 2 nitrogen and oxygen atoms in total. The second kappa shape index (κ2) is 3.34. The number of thiol groups is 1. The molecule has 0 N–H and O–H groups in total. The van der Waals surface area contributed by atoms with E-state index in [1.54, 1.807) is 0 Å². The molecule has 14 heavy (non-hydrogen) atoms. The molecule has 1 aromatic rings. The minimum absolute atomic E-state index is 0.438. The van der Waals surface area contributed by atoms with Crippen molar-refractivity contribution in [3.05, 3.63) is 18.0 Å². The van der Waals surface area contributed by atoms with Gasteiger partial charge >= 0.3 is 12.1 Å². The van der Waals surface area contributed by atoms with Crippen molar-refractivity contribution in [2.24, 2.45) is 0 Å². The summed E-state index contributed by atoms with van der Waals surface area (Å²) in [6.07, 6.45) is -4.88. The lowest BCUT2D eigenvalue weighted by molar-refractivity contribution is -0.291. The third kappa shape index (κ3) is 1.94. The number of rotatable bonds is 1. The van der Waals surface area contributed by atoms with Gasteiger partial charge in [-0.2, -0.15) is 22.0 Å².